The molecule has 0 radical (unpaired) electrons. The first kappa shape index (κ1) is 10.4. The molecule has 0 aromatic carbocycles. The van der Waals surface area contributed by atoms with Gasteiger partial charge in [-0.2, -0.15) is 5.26 Å². The Morgan fingerprint density at radius 2 is 2.00 bits per heavy atom. The van der Waals surface area contributed by atoms with E-state index in [4.69, 9.17) is 15.5 Å². The fourth-order valence-electron chi connectivity index (χ4n) is 0.194. The van der Waals surface area contributed by atoms with Gasteiger partial charge in [-0.1, -0.05) is 0 Å². The van der Waals surface area contributed by atoms with Gasteiger partial charge in [0.1, 0.15) is 0 Å². The first-order chi connectivity index (χ1) is 3.27. The van der Waals surface area contributed by atoms with Crippen molar-refractivity contribution in [2.75, 3.05) is 0 Å². The molecule has 0 bridgehead atoms. The number of aliphatic hydroxyl groups is 2. The predicted octanol–water partition coefficient (Wildman–Crippen LogP) is -0.237. The fraction of sp³-hybridized carbons (Fsp3) is 0.750. The minimum absolute atomic E-state index is 0. The summed E-state index contributed by atoms with van der Waals surface area (Å²) in [6.07, 6.45) is -0.964. The standard InChI is InChI=1S/C4H7NO2.H3N/c5-3-1-2-4(6)7;/h4,6-7H,1-2H2;1H3. The van der Waals surface area contributed by atoms with Crippen molar-refractivity contribution >= 4 is 0 Å². The zero-order chi connectivity index (χ0) is 5.70. The zero-order valence-electron chi connectivity index (χ0n) is 4.54. The number of hydrogen-bond acceptors (Lipinski definition) is 4. The molecule has 0 aromatic rings. The van der Waals surface area contributed by atoms with Crippen molar-refractivity contribution in [3.8, 4) is 6.07 Å². The number of hydrogen-bond donors (Lipinski definition) is 3. The summed E-state index contributed by atoms with van der Waals surface area (Å²) in [5.41, 5.74) is 0. The van der Waals surface area contributed by atoms with Crippen LogP contribution >= 0.6 is 0 Å². The van der Waals surface area contributed by atoms with Crippen molar-refractivity contribution in [3.05, 3.63) is 0 Å². The van der Waals surface area contributed by atoms with E-state index in [1.54, 1.807) is 6.07 Å². The largest absolute Gasteiger partial charge is 0.368 e. The average molecular weight is 118 g/mol. The molecule has 48 valence electrons. The molecule has 0 atom stereocenters. The summed E-state index contributed by atoms with van der Waals surface area (Å²) in [4.78, 5) is 0. The van der Waals surface area contributed by atoms with Crippen LogP contribution in [0, 0.1) is 11.3 Å². The molecule has 5 N–H and O–H groups in total. The van der Waals surface area contributed by atoms with Gasteiger partial charge in [0.05, 0.1) is 6.07 Å². The molecule has 0 rings (SSSR count). The molecule has 0 saturated carbocycles. The van der Waals surface area contributed by atoms with E-state index in [0.717, 1.165) is 0 Å². The van der Waals surface area contributed by atoms with E-state index in [1.165, 1.54) is 0 Å². The van der Waals surface area contributed by atoms with Gasteiger partial charge in [-0.15, -0.1) is 0 Å². The van der Waals surface area contributed by atoms with Crippen LogP contribution in [0.15, 0.2) is 0 Å². The fourth-order valence-corrected chi connectivity index (χ4v) is 0.194. The van der Waals surface area contributed by atoms with E-state index in [1.807, 2.05) is 0 Å². The number of aliphatic hydroxyl groups excluding tert-OH is 1. The summed E-state index contributed by atoms with van der Waals surface area (Å²) < 4.78 is 0. The molecule has 0 amide bonds. The highest BCUT2D eigenvalue weighted by Crippen LogP contribution is 1.88. The second-order valence-corrected chi connectivity index (χ2v) is 1.18. The Morgan fingerprint density at radius 1 is 1.50 bits per heavy atom. The van der Waals surface area contributed by atoms with E-state index in [9.17, 15) is 0 Å². The topological polar surface area (TPSA) is 99.2 Å². The maximum absolute atomic E-state index is 8.09. The van der Waals surface area contributed by atoms with Crippen LogP contribution in [0.25, 0.3) is 0 Å². The molecule has 0 spiro atoms. The summed E-state index contributed by atoms with van der Waals surface area (Å²) in [7, 11) is 0. The minimum Gasteiger partial charge on any atom is -0.368 e. The summed E-state index contributed by atoms with van der Waals surface area (Å²) in [6.45, 7) is 0. The lowest BCUT2D eigenvalue weighted by molar-refractivity contribution is -0.0439. The smallest absolute Gasteiger partial charge is 0.152 e. The number of rotatable bonds is 2. The van der Waals surface area contributed by atoms with Gasteiger partial charge in [-0.05, 0) is 0 Å². The second-order valence-electron chi connectivity index (χ2n) is 1.18. The Balaban J connectivity index is 0. The summed E-state index contributed by atoms with van der Waals surface area (Å²) in [6, 6.07) is 1.78. The van der Waals surface area contributed by atoms with E-state index < -0.39 is 6.29 Å². The number of nitriles is 1. The molecule has 4 heteroatoms. The van der Waals surface area contributed by atoms with Gasteiger partial charge < -0.3 is 16.4 Å². The molecule has 0 unspecified atom stereocenters. The minimum atomic E-state index is -1.32. The molecule has 0 aliphatic carbocycles. The maximum atomic E-state index is 8.09. The van der Waals surface area contributed by atoms with Crippen LogP contribution in [0.5, 0.6) is 0 Å². The van der Waals surface area contributed by atoms with Crippen LogP contribution in [-0.4, -0.2) is 16.5 Å². The van der Waals surface area contributed by atoms with Crippen LogP contribution in [0.4, 0.5) is 0 Å². The third-order valence-electron chi connectivity index (χ3n) is 0.514. The zero-order valence-corrected chi connectivity index (χ0v) is 4.54. The van der Waals surface area contributed by atoms with Gasteiger partial charge in [-0.25, -0.2) is 0 Å². The molecule has 4 nitrogen and oxygen atoms in total. The monoisotopic (exact) mass is 118 g/mol. The quantitative estimate of drug-likeness (QED) is 0.436. The van der Waals surface area contributed by atoms with Crippen LogP contribution in [-0.2, 0) is 0 Å². The van der Waals surface area contributed by atoms with Crippen LogP contribution < -0.4 is 6.15 Å². The van der Waals surface area contributed by atoms with Crippen molar-refractivity contribution in [1.82, 2.24) is 6.15 Å². The Bertz CT molecular complexity index is 76.6. The summed E-state index contributed by atoms with van der Waals surface area (Å²) in [5.74, 6) is 0. The molecular formula is C4H10N2O2. The van der Waals surface area contributed by atoms with Gasteiger partial charge in [0.2, 0.25) is 0 Å². The second kappa shape index (κ2) is 6.37. The lowest BCUT2D eigenvalue weighted by atomic mass is 10.3. The molecule has 0 heterocycles. The van der Waals surface area contributed by atoms with Gasteiger partial charge in [0.25, 0.3) is 0 Å². The lowest BCUT2D eigenvalue weighted by Gasteiger charge is -1.93. The van der Waals surface area contributed by atoms with Crippen LogP contribution in [0.1, 0.15) is 12.8 Å². The molecule has 0 aromatic heterocycles. The Kier molecular flexibility index (Phi) is 8.26. The highest BCUT2D eigenvalue weighted by molar-refractivity contribution is 4.67. The SMILES string of the molecule is N.N#CCCC(O)O. The molecular weight excluding hydrogens is 108 g/mol. The third-order valence-corrected chi connectivity index (χ3v) is 0.514. The van der Waals surface area contributed by atoms with Crippen molar-refractivity contribution in [3.63, 3.8) is 0 Å². The summed E-state index contributed by atoms with van der Waals surface area (Å²) >= 11 is 0. The highest BCUT2D eigenvalue weighted by Gasteiger charge is 1.92. The Morgan fingerprint density at radius 3 is 2.12 bits per heavy atom. The Hall–Kier alpha value is -0.630. The van der Waals surface area contributed by atoms with Crippen LogP contribution in [0.2, 0.25) is 0 Å². The van der Waals surface area contributed by atoms with E-state index in [2.05, 4.69) is 0 Å². The molecule has 0 aliphatic heterocycles. The van der Waals surface area contributed by atoms with Gasteiger partial charge in [-0.3, -0.25) is 0 Å². The van der Waals surface area contributed by atoms with Gasteiger partial charge in [0, 0.05) is 12.8 Å². The van der Waals surface area contributed by atoms with E-state index in [-0.39, 0.29) is 19.0 Å². The summed E-state index contributed by atoms with van der Waals surface area (Å²) in [5, 5.41) is 24.0. The average Bonchev–Trinajstić information content (AvgIpc) is 1.61. The van der Waals surface area contributed by atoms with Crippen LogP contribution in [0.3, 0.4) is 0 Å². The molecule has 8 heavy (non-hydrogen) atoms. The predicted molar refractivity (Wildman–Crippen MR) is 28.1 cm³/mol. The third kappa shape index (κ3) is 9.03. The molecule has 0 saturated heterocycles. The van der Waals surface area contributed by atoms with Crippen molar-refractivity contribution in [1.29, 1.82) is 5.26 Å². The maximum Gasteiger partial charge on any atom is 0.152 e. The van der Waals surface area contributed by atoms with Gasteiger partial charge >= 0.3 is 0 Å². The first-order valence-electron chi connectivity index (χ1n) is 2.00. The van der Waals surface area contributed by atoms with Gasteiger partial charge in [0.15, 0.2) is 6.29 Å². The normalized spacial score (nSPS) is 7.75. The van der Waals surface area contributed by atoms with Crippen molar-refractivity contribution in [2.24, 2.45) is 0 Å². The highest BCUT2D eigenvalue weighted by atomic mass is 16.5. The van der Waals surface area contributed by atoms with Crippen molar-refractivity contribution < 1.29 is 10.2 Å². The molecule has 0 fully saturated rings. The Labute approximate surface area is 48.0 Å². The lowest BCUT2D eigenvalue weighted by Crippen LogP contribution is -2.01. The van der Waals surface area contributed by atoms with E-state index in [0.29, 0.717) is 0 Å². The number of nitrogens with zero attached hydrogens (tertiary/aromatic N) is 1. The molecule has 0 aliphatic rings. The first-order valence-corrected chi connectivity index (χ1v) is 2.00. The van der Waals surface area contributed by atoms with Crippen molar-refractivity contribution in [2.45, 2.75) is 19.1 Å². The van der Waals surface area contributed by atoms with E-state index >= 15 is 0 Å².